The zero-order valence-electron chi connectivity index (χ0n) is 11.0. The van der Waals surface area contributed by atoms with Crippen LogP contribution in [0.4, 0.5) is 11.4 Å². The summed E-state index contributed by atoms with van der Waals surface area (Å²) in [6.07, 6.45) is 0. The molecular weight excluding hydrogens is 270 g/mol. The lowest BCUT2D eigenvalue weighted by molar-refractivity contribution is 1.18. The monoisotopic (exact) mass is 281 g/mol. The predicted octanol–water partition coefficient (Wildman–Crippen LogP) is 3.94. The number of hydrogen-bond acceptors (Lipinski definition) is 3. The Balaban J connectivity index is 2.52. The number of nitrogens with zero attached hydrogens (tertiary/aromatic N) is 3. The van der Waals surface area contributed by atoms with Crippen molar-refractivity contribution in [3.05, 3.63) is 59.2 Å². The van der Waals surface area contributed by atoms with Crippen LogP contribution in [0.3, 0.4) is 0 Å². The van der Waals surface area contributed by atoms with Crippen LogP contribution in [0, 0.1) is 22.7 Å². The average molecular weight is 282 g/mol. The van der Waals surface area contributed by atoms with Crippen molar-refractivity contribution in [1.82, 2.24) is 0 Å². The Morgan fingerprint density at radius 1 is 1.00 bits per heavy atom. The van der Waals surface area contributed by atoms with E-state index in [-0.39, 0.29) is 0 Å². The van der Waals surface area contributed by atoms with Crippen LogP contribution in [0.15, 0.2) is 42.5 Å². The van der Waals surface area contributed by atoms with Gasteiger partial charge in [0, 0.05) is 12.9 Å². The van der Waals surface area contributed by atoms with E-state index < -0.39 is 0 Å². The Bertz CT molecular complexity index is 710. The number of alkyl halides is 1. The third-order valence-electron chi connectivity index (χ3n) is 3.08. The molecule has 0 saturated heterocycles. The third-order valence-corrected chi connectivity index (χ3v) is 3.39. The maximum absolute atomic E-state index is 9.28. The molecule has 0 N–H and O–H groups in total. The quantitative estimate of drug-likeness (QED) is 0.801. The summed E-state index contributed by atoms with van der Waals surface area (Å²) in [6.45, 7) is 0. The number of anilines is 2. The van der Waals surface area contributed by atoms with Gasteiger partial charge in [0.25, 0.3) is 0 Å². The summed E-state index contributed by atoms with van der Waals surface area (Å²) in [4.78, 5) is 1.84. The van der Waals surface area contributed by atoms with Crippen LogP contribution in [-0.2, 0) is 5.88 Å². The van der Waals surface area contributed by atoms with E-state index in [0.717, 1.165) is 16.9 Å². The zero-order chi connectivity index (χ0) is 14.5. The van der Waals surface area contributed by atoms with Gasteiger partial charge in [0.2, 0.25) is 0 Å². The van der Waals surface area contributed by atoms with Gasteiger partial charge < -0.3 is 4.90 Å². The van der Waals surface area contributed by atoms with Gasteiger partial charge >= 0.3 is 0 Å². The third kappa shape index (κ3) is 2.59. The lowest BCUT2D eigenvalue weighted by Gasteiger charge is -2.22. The highest BCUT2D eigenvalue weighted by atomic mass is 35.5. The van der Waals surface area contributed by atoms with Gasteiger partial charge in [0.15, 0.2) is 0 Å². The molecule has 98 valence electrons. The van der Waals surface area contributed by atoms with E-state index in [2.05, 4.69) is 12.1 Å². The minimum Gasteiger partial charge on any atom is -0.342 e. The van der Waals surface area contributed by atoms with Gasteiger partial charge in [-0.3, -0.25) is 0 Å². The molecule has 0 fully saturated rings. The van der Waals surface area contributed by atoms with Crippen molar-refractivity contribution in [3.63, 3.8) is 0 Å². The lowest BCUT2D eigenvalue weighted by atomic mass is 10.1. The van der Waals surface area contributed by atoms with Crippen molar-refractivity contribution in [3.8, 4) is 12.1 Å². The van der Waals surface area contributed by atoms with Crippen LogP contribution in [0.2, 0.25) is 0 Å². The van der Waals surface area contributed by atoms with E-state index >= 15 is 0 Å². The second-order valence-corrected chi connectivity index (χ2v) is 4.55. The molecule has 0 aliphatic heterocycles. The van der Waals surface area contributed by atoms with Gasteiger partial charge in [0.1, 0.15) is 12.1 Å². The smallest absolute Gasteiger partial charge is 0.101 e. The fourth-order valence-corrected chi connectivity index (χ4v) is 2.21. The first-order valence-corrected chi connectivity index (χ1v) is 6.56. The molecule has 0 amide bonds. The van der Waals surface area contributed by atoms with Crippen LogP contribution in [0.25, 0.3) is 0 Å². The first kappa shape index (κ1) is 13.9. The molecule has 4 heteroatoms. The molecule has 0 heterocycles. The Morgan fingerprint density at radius 2 is 1.65 bits per heavy atom. The molecule has 0 unspecified atom stereocenters. The van der Waals surface area contributed by atoms with E-state index in [4.69, 9.17) is 16.9 Å². The highest BCUT2D eigenvalue weighted by molar-refractivity contribution is 6.17. The molecule has 0 aromatic heterocycles. The molecule has 3 nitrogen and oxygen atoms in total. The van der Waals surface area contributed by atoms with Crippen LogP contribution in [0.5, 0.6) is 0 Å². The first-order valence-electron chi connectivity index (χ1n) is 6.03. The molecule has 0 spiro atoms. The Hall–Kier alpha value is -2.49. The maximum Gasteiger partial charge on any atom is 0.101 e. The average Bonchev–Trinajstić information content (AvgIpc) is 2.53. The fraction of sp³-hybridized carbons (Fsp3) is 0.125. The van der Waals surface area contributed by atoms with E-state index in [1.807, 2.05) is 42.3 Å². The van der Waals surface area contributed by atoms with Gasteiger partial charge in [-0.05, 0) is 29.8 Å². The summed E-state index contributed by atoms with van der Waals surface area (Å²) in [5.41, 5.74) is 3.53. The molecule has 0 atom stereocenters. The van der Waals surface area contributed by atoms with Crippen LogP contribution in [-0.4, -0.2) is 7.05 Å². The number of rotatable bonds is 3. The van der Waals surface area contributed by atoms with E-state index in [1.165, 1.54) is 0 Å². The highest BCUT2D eigenvalue weighted by Gasteiger charge is 2.12. The second-order valence-electron chi connectivity index (χ2n) is 4.28. The second kappa shape index (κ2) is 6.10. The topological polar surface area (TPSA) is 50.8 Å². The Kier molecular flexibility index (Phi) is 4.25. The molecule has 0 aliphatic carbocycles. The summed E-state index contributed by atoms with van der Waals surface area (Å²) in [5, 5.41) is 18.4. The van der Waals surface area contributed by atoms with Crippen molar-refractivity contribution >= 4 is 23.0 Å². The van der Waals surface area contributed by atoms with Crippen LogP contribution >= 0.6 is 11.6 Å². The number of benzene rings is 2. The van der Waals surface area contributed by atoms with Crippen LogP contribution in [0.1, 0.15) is 16.7 Å². The largest absolute Gasteiger partial charge is 0.342 e. The normalized spacial score (nSPS) is 9.60. The molecule has 0 bridgehead atoms. The molecule has 2 aromatic carbocycles. The zero-order valence-corrected chi connectivity index (χ0v) is 11.7. The van der Waals surface area contributed by atoms with Gasteiger partial charge in [-0.25, -0.2) is 0 Å². The van der Waals surface area contributed by atoms with Gasteiger partial charge in [-0.1, -0.05) is 18.2 Å². The number of halogens is 1. The van der Waals surface area contributed by atoms with Crippen molar-refractivity contribution in [1.29, 1.82) is 10.5 Å². The molecule has 20 heavy (non-hydrogen) atoms. The molecular formula is C16H12ClN3. The summed E-state index contributed by atoms with van der Waals surface area (Å²) < 4.78 is 0. The number of hydrogen-bond donors (Lipinski definition) is 0. The van der Waals surface area contributed by atoms with Crippen molar-refractivity contribution in [2.45, 2.75) is 5.88 Å². The number of para-hydroxylation sites is 1. The maximum atomic E-state index is 9.28. The lowest BCUT2D eigenvalue weighted by Crippen LogP contribution is -2.12. The fourth-order valence-electron chi connectivity index (χ4n) is 2.04. The summed E-state index contributed by atoms with van der Waals surface area (Å²) in [7, 11) is 1.84. The summed E-state index contributed by atoms with van der Waals surface area (Å²) in [6, 6.07) is 17.1. The predicted molar refractivity (Wildman–Crippen MR) is 79.9 cm³/mol. The minimum atomic E-state index is 0.369. The summed E-state index contributed by atoms with van der Waals surface area (Å²) in [5.74, 6) is 0.369. The van der Waals surface area contributed by atoms with Crippen molar-refractivity contribution in [2.24, 2.45) is 0 Å². The molecule has 2 aromatic rings. The Morgan fingerprint density at radius 3 is 2.30 bits per heavy atom. The molecule has 2 rings (SSSR count). The van der Waals surface area contributed by atoms with E-state index in [9.17, 15) is 5.26 Å². The summed E-state index contributed by atoms with van der Waals surface area (Å²) >= 11 is 5.79. The van der Waals surface area contributed by atoms with Crippen LogP contribution < -0.4 is 4.90 Å². The molecule has 0 saturated carbocycles. The number of nitriles is 2. The Labute approximate surface area is 123 Å². The minimum absolute atomic E-state index is 0.369. The van der Waals surface area contributed by atoms with E-state index in [0.29, 0.717) is 17.0 Å². The standard InChI is InChI=1S/C16H12ClN3/c1-20(15-5-3-2-4-13(15)10-18)16-7-6-12(9-17)8-14(16)11-19/h2-8H,9H2,1H3. The SMILES string of the molecule is CN(c1ccccc1C#N)c1ccc(CCl)cc1C#N. The molecule has 0 aliphatic rings. The first-order chi connectivity index (χ1) is 9.71. The highest BCUT2D eigenvalue weighted by Crippen LogP contribution is 2.30. The van der Waals surface area contributed by atoms with Crippen molar-refractivity contribution in [2.75, 3.05) is 11.9 Å². The van der Waals surface area contributed by atoms with Gasteiger partial charge in [-0.2, -0.15) is 10.5 Å². The van der Waals surface area contributed by atoms with Crippen molar-refractivity contribution < 1.29 is 0 Å². The van der Waals surface area contributed by atoms with E-state index in [1.54, 1.807) is 12.1 Å². The van der Waals surface area contributed by atoms with Gasteiger partial charge in [-0.15, -0.1) is 11.6 Å². The molecule has 0 radical (unpaired) electrons. The van der Waals surface area contributed by atoms with Gasteiger partial charge in [0.05, 0.1) is 22.5 Å².